The number of hydrogen-bond donors (Lipinski definition) is 1. The Morgan fingerprint density at radius 3 is 2.63 bits per heavy atom. The van der Waals surface area contributed by atoms with E-state index in [0.717, 1.165) is 11.8 Å². The number of amides is 2. The van der Waals surface area contributed by atoms with Gasteiger partial charge in [-0.25, -0.2) is 4.90 Å². The molecule has 1 aromatic rings. The van der Waals surface area contributed by atoms with Gasteiger partial charge in [0.15, 0.2) is 6.10 Å². The number of ketones is 1. The largest absolute Gasteiger partial charge is 0.479 e. The van der Waals surface area contributed by atoms with E-state index in [1.807, 2.05) is 0 Å². The summed E-state index contributed by atoms with van der Waals surface area (Å²) >= 11 is 0. The van der Waals surface area contributed by atoms with Crippen molar-refractivity contribution >= 4 is 29.0 Å². The Hall–Kier alpha value is -2.37. The number of hydrogen-bond acceptors (Lipinski definition) is 5. The zero-order valence-corrected chi connectivity index (χ0v) is 10.9. The predicted octanol–water partition coefficient (Wildman–Crippen LogP) is 0.958. The van der Waals surface area contributed by atoms with Crippen LogP contribution >= 0.6 is 0 Å². The van der Waals surface area contributed by atoms with Crippen molar-refractivity contribution in [3.8, 4) is 5.75 Å². The third-order valence-electron chi connectivity index (χ3n) is 2.86. The molecule has 1 aliphatic rings. The van der Waals surface area contributed by atoms with E-state index in [4.69, 9.17) is 4.74 Å². The Bertz CT molecular complexity index is 568. The summed E-state index contributed by atoms with van der Waals surface area (Å²) in [6.45, 7) is 2.68. The first-order valence-electron chi connectivity index (χ1n) is 5.83. The molecular formula is C13H14N2O4. The molecule has 0 aromatic heterocycles. The minimum absolute atomic E-state index is 0.287. The summed E-state index contributed by atoms with van der Waals surface area (Å²) < 4.78 is 5.42. The van der Waals surface area contributed by atoms with Crippen LogP contribution in [0.5, 0.6) is 5.75 Å². The molecule has 0 fully saturated rings. The van der Waals surface area contributed by atoms with Crippen molar-refractivity contribution in [1.82, 2.24) is 0 Å². The van der Waals surface area contributed by atoms with Crippen molar-refractivity contribution in [2.24, 2.45) is 0 Å². The van der Waals surface area contributed by atoms with E-state index >= 15 is 0 Å². The van der Waals surface area contributed by atoms with Gasteiger partial charge < -0.3 is 10.1 Å². The van der Waals surface area contributed by atoms with Crippen molar-refractivity contribution < 1.29 is 19.1 Å². The van der Waals surface area contributed by atoms with Gasteiger partial charge in [-0.2, -0.15) is 0 Å². The number of nitrogens with zero attached hydrogens (tertiary/aromatic N) is 1. The smallest absolute Gasteiger partial charge is 0.301 e. The fourth-order valence-corrected chi connectivity index (χ4v) is 1.86. The maximum atomic E-state index is 12.0. The quantitative estimate of drug-likeness (QED) is 0.803. The van der Waals surface area contributed by atoms with Gasteiger partial charge in [0.1, 0.15) is 5.75 Å². The van der Waals surface area contributed by atoms with E-state index in [1.165, 1.54) is 6.92 Å². The average molecular weight is 262 g/mol. The molecule has 0 spiro atoms. The van der Waals surface area contributed by atoms with Gasteiger partial charge in [0.05, 0.1) is 5.69 Å². The Morgan fingerprint density at radius 1 is 1.37 bits per heavy atom. The molecule has 1 unspecified atom stereocenters. The summed E-state index contributed by atoms with van der Waals surface area (Å²) in [5.41, 5.74) is 1.00. The number of nitrogens with one attached hydrogen (secondary N) is 1. The number of fused-ring (bicyclic) bond motifs is 1. The van der Waals surface area contributed by atoms with Crippen LogP contribution in [0.15, 0.2) is 18.2 Å². The second kappa shape index (κ2) is 4.72. The number of imide groups is 1. The van der Waals surface area contributed by atoms with Gasteiger partial charge in [-0.1, -0.05) is 0 Å². The molecule has 6 nitrogen and oxygen atoms in total. The molecule has 1 aliphatic heterocycles. The highest BCUT2D eigenvalue weighted by Gasteiger charge is 2.37. The van der Waals surface area contributed by atoms with Crippen molar-refractivity contribution in [2.75, 3.05) is 17.3 Å². The molecule has 0 bridgehead atoms. The SMILES string of the molecule is CNc1ccc2c(c1)N(C(=O)C(C)=O)C(=O)C(C)O2. The molecule has 0 saturated heterocycles. The number of carbonyl (C=O) groups is 3. The zero-order valence-electron chi connectivity index (χ0n) is 10.9. The maximum absolute atomic E-state index is 12.0. The van der Waals surface area contributed by atoms with E-state index in [1.54, 1.807) is 25.2 Å². The van der Waals surface area contributed by atoms with E-state index in [9.17, 15) is 14.4 Å². The Kier molecular flexibility index (Phi) is 3.25. The third-order valence-corrected chi connectivity index (χ3v) is 2.86. The lowest BCUT2D eigenvalue weighted by atomic mass is 10.1. The van der Waals surface area contributed by atoms with Gasteiger partial charge >= 0.3 is 5.91 Å². The van der Waals surface area contributed by atoms with Crippen LogP contribution in [0.2, 0.25) is 0 Å². The monoisotopic (exact) mass is 262 g/mol. The third kappa shape index (κ3) is 2.16. The number of benzene rings is 1. The van der Waals surface area contributed by atoms with Gasteiger partial charge in [0.25, 0.3) is 5.91 Å². The summed E-state index contributed by atoms with van der Waals surface area (Å²) in [6.07, 6.45) is -0.795. The average Bonchev–Trinajstić information content (AvgIpc) is 2.39. The fraction of sp³-hybridized carbons (Fsp3) is 0.308. The number of ether oxygens (including phenoxy) is 1. The molecule has 0 aliphatic carbocycles. The molecule has 2 rings (SSSR count). The van der Waals surface area contributed by atoms with E-state index in [2.05, 4.69) is 5.32 Å². The number of anilines is 2. The lowest BCUT2D eigenvalue weighted by Gasteiger charge is -2.31. The summed E-state index contributed by atoms with van der Waals surface area (Å²) in [5, 5.41) is 2.90. The van der Waals surface area contributed by atoms with Gasteiger partial charge in [-0.05, 0) is 25.1 Å². The molecular weight excluding hydrogens is 248 g/mol. The van der Waals surface area contributed by atoms with Crippen LogP contribution in [0.25, 0.3) is 0 Å². The summed E-state index contributed by atoms with van der Waals surface area (Å²) in [4.78, 5) is 36.1. The van der Waals surface area contributed by atoms with Crippen LogP contribution in [0.3, 0.4) is 0 Å². The zero-order chi connectivity index (χ0) is 14.2. The predicted molar refractivity (Wildman–Crippen MR) is 69.3 cm³/mol. The van der Waals surface area contributed by atoms with Gasteiger partial charge in [-0.15, -0.1) is 0 Å². The van der Waals surface area contributed by atoms with Crippen molar-refractivity contribution in [1.29, 1.82) is 0 Å². The highest BCUT2D eigenvalue weighted by Crippen LogP contribution is 2.36. The molecule has 1 aromatic carbocycles. The Balaban J connectivity index is 2.56. The molecule has 2 amide bonds. The van der Waals surface area contributed by atoms with Gasteiger partial charge in [-0.3, -0.25) is 14.4 Å². The molecule has 0 radical (unpaired) electrons. The van der Waals surface area contributed by atoms with Crippen molar-refractivity contribution in [3.63, 3.8) is 0 Å². The Labute approximate surface area is 110 Å². The number of carbonyl (C=O) groups excluding carboxylic acids is 3. The van der Waals surface area contributed by atoms with Crippen molar-refractivity contribution in [2.45, 2.75) is 20.0 Å². The van der Waals surface area contributed by atoms with E-state index < -0.39 is 23.7 Å². The Morgan fingerprint density at radius 2 is 2.05 bits per heavy atom. The first kappa shape index (κ1) is 13.1. The highest BCUT2D eigenvalue weighted by molar-refractivity contribution is 6.46. The highest BCUT2D eigenvalue weighted by atomic mass is 16.5. The van der Waals surface area contributed by atoms with E-state index in [-0.39, 0.29) is 5.69 Å². The lowest BCUT2D eigenvalue weighted by molar-refractivity contribution is -0.139. The number of Topliss-reactive ketones (excluding diaryl/α,β-unsaturated/α-hetero) is 1. The van der Waals surface area contributed by atoms with Crippen LogP contribution in [-0.2, 0) is 14.4 Å². The van der Waals surface area contributed by atoms with Crippen LogP contribution in [0, 0.1) is 0 Å². The topological polar surface area (TPSA) is 75.7 Å². The molecule has 19 heavy (non-hydrogen) atoms. The number of rotatable bonds is 2. The van der Waals surface area contributed by atoms with Crippen LogP contribution in [-0.4, -0.2) is 30.7 Å². The minimum Gasteiger partial charge on any atom is -0.479 e. The molecule has 1 heterocycles. The van der Waals surface area contributed by atoms with Crippen LogP contribution in [0.1, 0.15) is 13.8 Å². The molecule has 6 heteroatoms. The van der Waals surface area contributed by atoms with Gasteiger partial charge in [0, 0.05) is 19.7 Å². The minimum atomic E-state index is -0.852. The first-order valence-corrected chi connectivity index (χ1v) is 5.83. The van der Waals surface area contributed by atoms with E-state index in [0.29, 0.717) is 11.4 Å². The second-order valence-corrected chi connectivity index (χ2v) is 4.23. The normalized spacial score (nSPS) is 17.5. The summed E-state index contributed by atoms with van der Waals surface area (Å²) in [7, 11) is 1.72. The standard InChI is InChI=1S/C13H14N2O4/c1-7(16)12(17)15-10-6-9(14-3)4-5-11(10)19-8(2)13(15)18/h4-6,8,14H,1-3H3. The van der Waals surface area contributed by atoms with Gasteiger partial charge in [0.2, 0.25) is 5.78 Å². The maximum Gasteiger partial charge on any atom is 0.301 e. The summed E-state index contributed by atoms with van der Waals surface area (Å²) in [5.74, 6) is -1.68. The molecule has 1 atom stereocenters. The van der Waals surface area contributed by atoms with Crippen LogP contribution in [0.4, 0.5) is 11.4 Å². The molecule has 1 N–H and O–H groups in total. The second-order valence-electron chi connectivity index (χ2n) is 4.23. The first-order chi connectivity index (χ1) is 8.95. The lowest BCUT2D eigenvalue weighted by Crippen LogP contribution is -2.49. The molecule has 0 saturated carbocycles. The fourth-order valence-electron chi connectivity index (χ4n) is 1.86. The van der Waals surface area contributed by atoms with Crippen molar-refractivity contribution in [3.05, 3.63) is 18.2 Å². The molecule has 100 valence electrons. The summed E-state index contributed by atoms with van der Waals surface area (Å²) in [6, 6.07) is 5.02. The van der Waals surface area contributed by atoms with Crippen LogP contribution < -0.4 is 15.0 Å².